The van der Waals surface area contributed by atoms with Gasteiger partial charge >= 0.3 is 7.60 Å². The number of carbonyl (C=O) groups excluding carboxylic acids is 1. The van der Waals surface area contributed by atoms with Crippen molar-refractivity contribution in [3.8, 4) is 0 Å². The molecule has 1 atom stereocenters. The summed E-state index contributed by atoms with van der Waals surface area (Å²) in [4.78, 5) is 12.2. The van der Waals surface area contributed by atoms with Crippen LogP contribution in [0.2, 0.25) is 0 Å². The van der Waals surface area contributed by atoms with Crippen LogP contribution in [-0.2, 0) is 18.4 Å². The van der Waals surface area contributed by atoms with E-state index in [1.54, 1.807) is 32.9 Å². The molecule has 0 bridgehead atoms. The van der Waals surface area contributed by atoms with Gasteiger partial charge in [-0.3, -0.25) is 9.36 Å². The Bertz CT molecular complexity index is 434. The Morgan fingerprint density at radius 2 is 1.63 bits per heavy atom. The van der Waals surface area contributed by atoms with Crippen molar-refractivity contribution in [1.82, 2.24) is 0 Å². The summed E-state index contributed by atoms with van der Waals surface area (Å²) in [5, 5.41) is 0. The maximum Gasteiger partial charge on any atom is 0.345 e. The highest BCUT2D eigenvalue weighted by Gasteiger charge is 2.41. The topological polar surface area (TPSA) is 52.6 Å². The zero-order chi connectivity index (χ0) is 14.3. The number of benzene rings is 1. The summed E-state index contributed by atoms with van der Waals surface area (Å²) < 4.78 is 23.5. The van der Waals surface area contributed by atoms with E-state index < -0.39 is 13.3 Å². The first kappa shape index (κ1) is 16.1. The van der Waals surface area contributed by atoms with Gasteiger partial charge in [0.2, 0.25) is 0 Å². The number of rotatable bonds is 8. The second-order valence-electron chi connectivity index (χ2n) is 4.01. The molecule has 0 heterocycles. The minimum absolute atomic E-state index is 0.128. The van der Waals surface area contributed by atoms with Gasteiger partial charge in [-0.1, -0.05) is 37.3 Å². The number of hydrogen-bond acceptors (Lipinski definition) is 4. The molecule has 0 aliphatic rings. The van der Waals surface area contributed by atoms with Crippen LogP contribution in [0.4, 0.5) is 0 Å². The molecule has 1 aromatic carbocycles. The SMILES string of the molecule is CCOP(=O)(OCC)C(C(=O)CC)c1ccccc1. The van der Waals surface area contributed by atoms with Gasteiger partial charge in [0.1, 0.15) is 5.66 Å². The molecule has 1 unspecified atom stereocenters. The van der Waals surface area contributed by atoms with Crippen LogP contribution < -0.4 is 0 Å². The minimum atomic E-state index is -3.47. The summed E-state index contributed by atoms with van der Waals surface area (Å²) in [5.41, 5.74) is -0.154. The summed E-state index contributed by atoms with van der Waals surface area (Å²) in [6, 6.07) is 9.04. The zero-order valence-electron chi connectivity index (χ0n) is 11.7. The van der Waals surface area contributed by atoms with Crippen LogP contribution in [0.5, 0.6) is 0 Å². The molecule has 0 aromatic heterocycles. The average Bonchev–Trinajstić information content (AvgIpc) is 2.40. The third-order valence-corrected chi connectivity index (χ3v) is 5.16. The van der Waals surface area contributed by atoms with Crippen molar-refractivity contribution in [2.24, 2.45) is 0 Å². The van der Waals surface area contributed by atoms with E-state index in [4.69, 9.17) is 9.05 Å². The van der Waals surface area contributed by atoms with Crippen molar-refractivity contribution in [2.45, 2.75) is 32.9 Å². The monoisotopic (exact) mass is 284 g/mol. The Kier molecular flexibility index (Phi) is 6.43. The number of Topliss-reactive ketones (excluding diaryl/α,β-unsaturated/α-hetero) is 1. The van der Waals surface area contributed by atoms with Crippen molar-refractivity contribution >= 4 is 13.4 Å². The molecule has 0 fully saturated rings. The van der Waals surface area contributed by atoms with Crippen molar-refractivity contribution < 1.29 is 18.4 Å². The van der Waals surface area contributed by atoms with Crippen LogP contribution in [0.1, 0.15) is 38.4 Å². The van der Waals surface area contributed by atoms with Crippen molar-refractivity contribution in [3.63, 3.8) is 0 Å². The zero-order valence-corrected chi connectivity index (χ0v) is 12.6. The van der Waals surface area contributed by atoms with E-state index in [0.717, 1.165) is 0 Å². The quantitative estimate of drug-likeness (QED) is 0.678. The number of carbonyl (C=O) groups is 1. The molecule has 0 N–H and O–H groups in total. The number of hydrogen-bond donors (Lipinski definition) is 0. The Hall–Kier alpha value is -0.960. The fourth-order valence-corrected chi connectivity index (χ4v) is 4.08. The summed E-state index contributed by atoms with van der Waals surface area (Å²) >= 11 is 0. The lowest BCUT2D eigenvalue weighted by Crippen LogP contribution is -2.15. The third kappa shape index (κ3) is 4.00. The molecule has 0 aliphatic heterocycles. The fourth-order valence-electron chi connectivity index (χ4n) is 1.92. The van der Waals surface area contributed by atoms with E-state index in [9.17, 15) is 9.36 Å². The maximum atomic E-state index is 12.8. The van der Waals surface area contributed by atoms with Gasteiger partial charge in [-0.25, -0.2) is 0 Å². The first-order valence-corrected chi connectivity index (χ1v) is 8.16. The molecular weight excluding hydrogens is 263 g/mol. The van der Waals surface area contributed by atoms with Gasteiger partial charge in [-0.05, 0) is 19.4 Å². The van der Waals surface area contributed by atoms with Gasteiger partial charge in [0.25, 0.3) is 0 Å². The molecule has 0 amide bonds. The third-order valence-electron chi connectivity index (χ3n) is 2.70. The van der Waals surface area contributed by atoms with Crippen LogP contribution in [0.25, 0.3) is 0 Å². The molecule has 5 heteroatoms. The molecule has 0 aliphatic carbocycles. The van der Waals surface area contributed by atoms with E-state index in [1.807, 2.05) is 18.2 Å². The molecular formula is C14H21O4P. The first-order chi connectivity index (χ1) is 9.09. The Morgan fingerprint density at radius 1 is 1.11 bits per heavy atom. The van der Waals surface area contributed by atoms with Gasteiger partial charge in [0, 0.05) is 6.42 Å². The fraction of sp³-hybridized carbons (Fsp3) is 0.500. The van der Waals surface area contributed by atoms with E-state index in [-0.39, 0.29) is 19.0 Å². The highest BCUT2D eigenvalue weighted by molar-refractivity contribution is 7.55. The highest BCUT2D eigenvalue weighted by Crippen LogP contribution is 2.61. The molecule has 4 nitrogen and oxygen atoms in total. The standard InChI is InChI=1S/C14H21O4P/c1-4-13(15)14(12-10-8-7-9-11-12)19(16,17-5-2)18-6-3/h7-11,14H,4-6H2,1-3H3. The molecule has 1 rings (SSSR count). The molecule has 0 radical (unpaired) electrons. The van der Waals surface area contributed by atoms with Crippen LogP contribution in [0, 0.1) is 0 Å². The predicted molar refractivity (Wildman–Crippen MR) is 75.3 cm³/mol. The van der Waals surface area contributed by atoms with Gasteiger partial charge in [0.15, 0.2) is 5.78 Å². The van der Waals surface area contributed by atoms with Gasteiger partial charge in [-0.15, -0.1) is 0 Å². The molecule has 0 saturated carbocycles. The van der Waals surface area contributed by atoms with E-state index in [2.05, 4.69) is 0 Å². The summed E-state index contributed by atoms with van der Waals surface area (Å²) in [5.74, 6) is -0.128. The van der Waals surface area contributed by atoms with Gasteiger partial charge in [-0.2, -0.15) is 0 Å². The number of ketones is 1. The Morgan fingerprint density at radius 3 is 2.05 bits per heavy atom. The second kappa shape index (κ2) is 7.59. The van der Waals surface area contributed by atoms with E-state index in [0.29, 0.717) is 12.0 Å². The van der Waals surface area contributed by atoms with Crippen LogP contribution in [-0.4, -0.2) is 19.0 Å². The molecule has 1 aromatic rings. The molecule has 0 saturated heterocycles. The van der Waals surface area contributed by atoms with Crippen molar-refractivity contribution in [1.29, 1.82) is 0 Å². The highest BCUT2D eigenvalue weighted by atomic mass is 31.2. The van der Waals surface area contributed by atoms with Gasteiger partial charge in [0.05, 0.1) is 13.2 Å². The van der Waals surface area contributed by atoms with Crippen LogP contribution in [0.3, 0.4) is 0 Å². The lowest BCUT2D eigenvalue weighted by molar-refractivity contribution is -0.118. The predicted octanol–water partition coefficient (Wildman–Crippen LogP) is 3.97. The lowest BCUT2D eigenvalue weighted by atomic mass is 10.1. The van der Waals surface area contributed by atoms with E-state index in [1.165, 1.54) is 0 Å². The van der Waals surface area contributed by atoms with Crippen molar-refractivity contribution in [3.05, 3.63) is 35.9 Å². The second-order valence-corrected chi connectivity index (χ2v) is 6.12. The van der Waals surface area contributed by atoms with Crippen LogP contribution in [0.15, 0.2) is 30.3 Å². The average molecular weight is 284 g/mol. The summed E-state index contributed by atoms with van der Waals surface area (Å²) in [7, 11) is -3.47. The molecule has 106 valence electrons. The first-order valence-electron chi connectivity index (χ1n) is 6.55. The maximum absolute atomic E-state index is 12.8. The van der Waals surface area contributed by atoms with Gasteiger partial charge < -0.3 is 9.05 Å². The normalized spacial score (nSPS) is 13.2. The van der Waals surface area contributed by atoms with E-state index >= 15 is 0 Å². The van der Waals surface area contributed by atoms with Crippen molar-refractivity contribution in [2.75, 3.05) is 13.2 Å². The smallest absolute Gasteiger partial charge is 0.308 e. The lowest BCUT2D eigenvalue weighted by Gasteiger charge is -2.25. The summed E-state index contributed by atoms with van der Waals surface area (Å²) in [6.45, 7) is 5.73. The van der Waals surface area contributed by atoms with Crippen LogP contribution >= 0.6 is 7.60 Å². The minimum Gasteiger partial charge on any atom is -0.308 e. The Labute approximate surface area is 114 Å². The Balaban J connectivity index is 3.22. The summed E-state index contributed by atoms with van der Waals surface area (Å²) in [6.07, 6.45) is 0.295. The largest absolute Gasteiger partial charge is 0.345 e. The molecule has 19 heavy (non-hydrogen) atoms. The molecule has 0 spiro atoms.